The fourth-order valence-electron chi connectivity index (χ4n) is 6.34. The largest absolute Gasteiger partial charge is 0.354 e. The van der Waals surface area contributed by atoms with E-state index in [1.165, 1.54) is 48.2 Å². The molecule has 0 bridgehead atoms. The maximum atomic E-state index is 5.17. The molecule has 1 aromatic carbocycles. The average molecular weight is 505 g/mol. The molecule has 5 aromatic rings. The molecule has 1 atom stereocenters. The third kappa shape index (κ3) is 4.65. The van der Waals surface area contributed by atoms with Crippen LogP contribution in [0.5, 0.6) is 0 Å². The molecule has 1 unspecified atom stereocenters. The summed E-state index contributed by atoms with van der Waals surface area (Å²) in [6, 6.07) is 28.4. The number of aryl methyl sites for hydroxylation is 1. The van der Waals surface area contributed by atoms with Crippen molar-refractivity contribution in [3.63, 3.8) is 0 Å². The molecule has 7 rings (SSSR count). The van der Waals surface area contributed by atoms with Crippen molar-refractivity contribution in [2.75, 3.05) is 49.1 Å². The zero-order valence-corrected chi connectivity index (χ0v) is 22.0. The Labute approximate surface area is 224 Å². The summed E-state index contributed by atoms with van der Waals surface area (Å²) in [6.45, 7) is 8.48. The van der Waals surface area contributed by atoms with Gasteiger partial charge in [0.2, 0.25) is 0 Å². The zero-order chi connectivity index (χ0) is 25.3. The first-order chi connectivity index (χ1) is 18.8. The number of benzene rings is 1. The lowest BCUT2D eigenvalue weighted by Gasteiger charge is -2.37. The average Bonchev–Trinajstić information content (AvgIpc) is 3.72. The highest BCUT2D eigenvalue weighted by molar-refractivity contribution is 5.78. The Kier molecular flexibility index (Phi) is 6.26. The molecule has 2 aliphatic heterocycles. The summed E-state index contributed by atoms with van der Waals surface area (Å²) in [5, 5.41) is 1.24. The van der Waals surface area contributed by atoms with Gasteiger partial charge in [0.25, 0.3) is 0 Å². The van der Waals surface area contributed by atoms with Crippen LogP contribution in [0.1, 0.15) is 18.4 Å². The quantitative estimate of drug-likeness (QED) is 0.292. The van der Waals surface area contributed by atoms with Crippen LogP contribution in [0.25, 0.3) is 16.6 Å². The molecule has 6 heterocycles. The van der Waals surface area contributed by atoms with Gasteiger partial charge in [-0.25, -0.2) is 4.98 Å². The van der Waals surface area contributed by atoms with E-state index in [2.05, 4.69) is 115 Å². The first kappa shape index (κ1) is 23.4. The van der Waals surface area contributed by atoms with Crippen molar-refractivity contribution in [1.29, 1.82) is 0 Å². The smallest absolute Gasteiger partial charge is 0.142 e. The van der Waals surface area contributed by atoms with Gasteiger partial charge in [-0.1, -0.05) is 36.4 Å². The highest BCUT2D eigenvalue weighted by atomic mass is 15.3. The summed E-state index contributed by atoms with van der Waals surface area (Å²) in [5.74, 6) is 3.14. The van der Waals surface area contributed by atoms with Crippen molar-refractivity contribution < 1.29 is 0 Å². The maximum Gasteiger partial charge on any atom is 0.142 e. The lowest BCUT2D eigenvalue weighted by Crippen LogP contribution is -2.47. The van der Waals surface area contributed by atoms with E-state index in [1.54, 1.807) is 0 Å². The van der Waals surface area contributed by atoms with E-state index in [-0.39, 0.29) is 0 Å². The van der Waals surface area contributed by atoms with Gasteiger partial charge in [-0.2, -0.15) is 0 Å². The topological polar surface area (TPSA) is 32.0 Å². The van der Waals surface area contributed by atoms with E-state index in [4.69, 9.17) is 4.98 Å². The van der Waals surface area contributed by atoms with E-state index in [1.807, 2.05) is 0 Å². The number of hydrogen-bond donors (Lipinski definition) is 0. The SMILES string of the molecule is c1ccc(CN2CCC(CCn3ccc4ccc(N5CCN(c6cccc7cccn67)CC5)nc43)C2)cc1. The molecule has 6 heteroatoms. The zero-order valence-electron chi connectivity index (χ0n) is 22.0. The van der Waals surface area contributed by atoms with Crippen molar-refractivity contribution in [1.82, 2.24) is 18.9 Å². The fraction of sp³-hybridized carbons (Fsp3) is 0.344. The Hall–Kier alpha value is -3.77. The number of anilines is 2. The van der Waals surface area contributed by atoms with Gasteiger partial charge in [0.15, 0.2) is 0 Å². The minimum Gasteiger partial charge on any atom is -0.354 e. The molecule has 0 radical (unpaired) electrons. The third-order valence-electron chi connectivity index (χ3n) is 8.46. The molecule has 0 aliphatic carbocycles. The fourth-order valence-corrected chi connectivity index (χ4v) is 6.34. The van der Waals surface area contributed by atoms with E-state index >= 15 is 0 Å². The highest BCUT2D eigenvalue weighted by Crippen LogP contribution is 2.26. The molecule has 0 N–H and O–H groups in total. The molecular weight excluding hydrogens is 468 g/mol. The van der Waals surface area contributed by atoms with Gasteiger partial charge in [-0.15, -0.1) is 0 Å². The molecule has 2 saturated heterocycles. The van der Waals surface area contributed by atoms with Crippen LogP contribution in [0.4, 0.5) is 11.6 Å². The second-order valence-electron chi connectivity index (χ2n) is 10.9. The summed E-state index contributed by atoms with van der Waals surface area (Å²) in [4.78, 5) is 12.7. The third-order valence-corrected chi connectivity index (χ3v) is 8.46. The molecule has 2 fully saturated rings. The number of hydrogen-bond acceptors (Lipinski definition) is 4. The van der Waals surface area contributed by atoms with Crippen LogP contribution < -0.4 is 9.80 Å². The molecular formula is C32H36N6. The van der Waals surface area contributed by atoms with Crippen LogP contribution in [-0.4, -0.2) is 58.1 Å². The van der Waals surface area contributed by atoms with Crippen molar-refractivity contribution in [2.45, 2.75) is 25.9 Å². The van der Waals surface area contributed by atoms with E-state index in [0.29, 0.717) is 0 Å². The van der Waals surface area contributed by atoms with Crippen LogP contribution in [0.2, 0.25) is 0 Å². The lowest BCUT2D eigenvalue weighted by atomic mass is 10.1. The van der Waals surface area contributed by atoms with Crippen LogP contribution in [0.15, 0.2) is 91.3 Å². The highest BCUT2D eigenvalue weighted by Gasteiger charge is 2.23. The van der Waals surface area contributed by atoms with Crippen LogP contribution in [0.3, 0.4) is 0 Å². The minimum absolute atomic E-state index is 0.761. The number of piperazine rings is 1. The molecule has 0 spiro atoms. The summed E-state index contributed by atoms with van der Waals surface area (Å²) in [6.07, 6.45) is 6.90. The summed E-state index contributed by atoms with van der Waals surface area (Å²) >= 11 is 0. The first-order valence-electron chi connectivity index (χ1n) is 14.1. The molecule has 194 valence electrons. The van der Waals surface area contributed by atoms with E-state index in [9.17, 15) is 0 Å². The van der Waals surface area contributed by atoms with Gasteiger partial charge in [0, 0.05) is 69.1 Å². The number of nitrogens with zero attached hydrogens (tertiary/aromatic N) is 6. The van der Waals surface area contributed by atoms with Crippen molar-refractivity contribution in [2.24, 2.45) is 5.92 Å². The van der Waals surface area contributed by atoms with E-state index < -0.39 is 0 Å². The van der Waals surface area contributed by atoms with Crippen molar-refractivity contribution in [3.8, 4) is 0 Å². The maximum absolute atomic E-state index is 5.17. The Balaban J connectivity index is 0.983. The number of aromatic nitrogens is 3. The Bertz CT molecular complexity index is 1510. The number of fused-ring (bicyclic) bond motifs is 2. The van der Waals surface area contributed by atoms with Crippen molar-refractivity contribution >= 4 is 28.2 Å². The monoisotopic (exact) mass is 504 g/mol. The van der Waals surface area contributed by atoms with Crippen molar-refractivity contribution in [3.05, 3.63) is 96.8 Å². The molecule has 38 heavy (non-hydrogen) atoms. The molecule has 2 aliphatic rings. The predicted molar refractivity (Wildman–Crippen MR) is 156 cm³/mol. The summed E-state index contributed by atoms with van der Waals surface area (Å²) in [7, 11) is 0. The molecule has 6 nitrogen and oxygen atoms in total. The Morgan fingerprint density at radius 3 is 2.47 bits per heavy atom. The van der Waals surface area contributed by atoms with Crippen LogP contribution in [0, 0.1) is 5.92 Å². The normalized spacial score (nSPS) is 18.7. The van der Waals surface area contributed by atoms with Gasteiger partial charge in [0.05, 0.1) is 0 Å². The second-order valence-corrected chi connectivity index (χ2v) is 10.9. The van der Waals surface area contributed by atoms with Gasteiger partial charge in [0.1, 0.15) is 17.3 Å². The van der Waals surface area contributed by atoms with Crippen LogP contribution in [-0.2, 0) is 13.1 Å². The molecule has 0 saturated carbocycles. The molecule has 0 amide bonds. The Morgan fingerprint density at radius 1 is 0.737 bits per heavy atom. The van der Waals surface area contributed by atoms with E-state index in [0.717, 1.165) is 56.7 Å². The number of pyridine rings is 2. The number of rotatable bonds is 7. The minimum atomic E-state index is 0.761. The van der Waals surface area contributed by atoms with Gasteiger partial charge in [-0.3, -0.25) is 4.90 Å². The van der Waals surface area contributed by atoms with Gasteiger partial charge in [-0.05, 0) is 73.3 Å². The Morgan fingerprint density at radius 2 is 1.58 bits per heavy atom. The number of likely N-dealkylation sites (tertiary alicyclic amines) is 1. The van der Waals surface area contributed by atoms with Crippen LogP contribution >= 0.6 is 0 Å². The summed E-state index contributed by atoms with van der Waals surface area (Å²) < 4.78 is 4.67. The molecule has 4 aromatic heterocycles. The standard InChI is InChI=1S/C32H36N6/c1-2-6-26(7-3-1)24-34-17-13-27(25-34)14-18-37-19-15-28-11-12-30(33-32(28)37)35-20-22-36(23-21-35)31-10-4-8-29-9-5-16-38(29)31/h1-12,15-16,19,27H,13-14,17-18,20-25H2. The van der Waals surface area contributed by atoms with Gasteiger partial charge < -0.3 is 18.8 Å². The summed E-state index contributed by atoms with van der Waals surface area (Å²) in [5.41, 5.74) is 3.80. The first-order valence-corrected chi connectivity index (χ1v) is 14.1. The lowest BCUT2D eigenvalue weighted by molar-refractivity contribution is 0.310. The predicted octanol–water partition coefficient (Wildman–Crippen LogP) is 5.53. The van der Waals surface area contributed by atoms with Gasteiger partial charge >= 0.3 is 0 Å². The second kappa shape index (κ2) is 10.2.